The third kappa shape index (κ3) is 2.99. The summed E-state index contributed by atoms with van der Waals surface area (Å²) in [5, 5.41) is 0. The minimum absolute atomic E-state index is 0.237. The molecule has 0 radical (unpaired) electrons. The highest BCUT2D eigenvalue weighted by Gasteiger charge is 2.07. The van der Waals surface area contributed by atoms with Crippen molar-refractivity contribution in [2.45, 2.75) is 0 Å². The number of benzene rings is 1. The minimum atomic E-state index is 0.237. The molecule has 1 aromatic rings. The van der Waals surface area contributed by atoms with E-state index in [1.807, 2.05) is 12.1 Å². The number of halogens is 2. The van der Waals surface area contributed by atoms with E-state index in [0.29, 0.717) is 0 Å². The summed E-state index contributed by atoms with van der Waals surface area (Å²) < 4.78 is 17.2. The molecule has 0 amide bonds. The van der Waals surface area contributed by atoms with Crippen LogP contribution in [0.5, 0.6) is 11.5 Å². The quantitative estimate of drug-likeness (QED) is 0.600. The molecule has 0 saturated heterocycles. The number of hydrogen-bond acceptors (Lipinski definition) is 3. The van der Waals surface area contributed by atoms with E-state index in [-0.39, 0.29) is 6.79 Å². The van der Waals surface area contributed by atoms with Crippen molar-refractivity contribution in [1.82, 2.24) is 0 Å². The Morgan fingerprint density at radius 3 is 2.57 bits per heavy atom. The zero-order chi connectivity index (χ0) is 10.6. The van der Waals surface area contributed by atoms with Crippen molar-refractivity contribution in [3.05, 3.63) is 20.2 Å². The summed E-state index contributed by atoms with van der Waals surface area (Å²) in [7, 11) is 3.20. The van der Waals surface area contributed by atoms with E-state index >= 15 is 0 Å². The van der Waals surface area contributed by atoms with Crippen LogP contribution in [0.3, 0.4) is 0 Å². The van der Waals surface area contributed by atoms with Crippen LogP contribution >= 0.6 is 38.5 Å². The largest absolute Gasteiger partial charge is 0.495 e. The molecule has 78 valence electrons. The van der Waals surface area contributed by atoms with Crippen LogP contribution in [0.4, 0.5) is 0 Å². The molecule has 0 aliphatic heterocycles. The van der Waals surface area contributed by atoms with Crippen molar-refractivity contribution in [3.63, 3.8) is 0 Å². The highest BCUT2D eigenvalue weighted by atomic mass is 127. The molecular formula is C9H10BrIO3. The summed E-state index contributed by atoms with van der Waals surface area (Å²) >= 11 is 5.59. The molecule has 1 aromatic carbocycles. The maximum absolute atomic E-state index is 5.35. The van der Waals surface area contributed by atoms with Crippen molar-refractivity contribution in [1.29, 1.82) is 0 Å². The summed E-state index contributed by atoms with van der Waals surface area (Å²) in [6.45, 7) is 0.237. The highest BCUT2D eigenvalue weighted by molar-refractivity contribution is 14.1. The van der Waals surface area contributed by atoms with Crippen LogP contribution in [0.2, 0.25) is 0 Å². The van der Waals surface area contributed by atoms with Crippen LogP contribution < -0.4 is 9.47 Å². The second-order valence-corrected chi connectivity index (χ2v) is 4.48. The van der Waals surface area contributed by atoms with Crippen molar-refractivity contribution >= 4 is 38.5 Å². The van der Waals surface area contributed by atoms with Gasteiger partial charge in [0.1, 0.15) is 11.5 Å². The zero-order valence-electron chi connectivity index (χ0n) is 7.84. The predicted octanol–water partition coefficient (Wildman–Crippen LogP) is 3.05. The summed E-state index contributed by atoms with van der Waals surface area (Å²) in [6.07, 6.45) is 0. The van der Waals surface area contributed by atoms with Crippen LogP contribution in [0, 0.1) is 3.57 Å². The molecule has 5 heteroatoms. The smallest absolute Gasteiger partial charge is 0.188 e. The van der Waals surface area contributed by atoms with Crippen molar-refractivity contribution < 1.29 is 14.2 Å². The van der Waals surface area contributed by atoms with Crippen LogP contribution in [0.1, 0.15) is 0 Å². The minimum Gasteiger partial charge on any atom is -0.495 e. The Morgan fingerprint density at radius 2 is 2.00 bits per heavy atom. The lowest BCUT2D eigenvalue weighted by Crippen LogP contribution is -2.00. The first-order valence-electron chi connectivity index (χ1n) is 3.83. The molecule has 0 aliphatic rings. The molecule has 14 heavy (non-hydrogen) atoms. The second-order valence-electron chi connectivity index (χ2n) is 2.47. The molecule has 0 bridgehead atoms. The summed E-state index contributed by atoms with van der Waals surface area (Å²) in [4.78, 5) is 0. The Labute approximate surface area is 105 Å². The maximum atomic E-state index is 5.35. The van der Waals surface area contributed by atoms with E-state index in [2.05, 4.69) is 38.5 Å². The lowest BCUT2D eigenvalue weighted by atomic mass is 10.3. The summed E-state index contributed by atoms with van der Waals surface area (Å²) in [5.41, 5.74) is 0. The van der Waals surface area contributed by atoms with Crippen LogP contribution in [-0.2, 0) is 4.74 Å². The molecule has 0 heterocycles. The third-order valence-electron chi connectivity index (χ3n) is 1.54. The van der Waals surface area contributed by atoms with E-state index in [1.165, 1.54) is 0 Å². The van der Waals surface area contributed by atoms with Gasteiger partial charge in [0.2, 0.25) is 0 Å². The molecule has 0 N–H and O–H groups in total. The van der Waals surface area contributed by atoms with Gasteiger partial charge in [0.15, 0.2) is 6.79 Å². The topological polar surface area (TPSA) is 27.7 Å². The van der Waals surface area contributed by atoms with Gasteiger partial charge in [-0.15, -0.1) is 0 Å². The standard InChI is InChI=1S/C9H10BrIO3/c1-12-5-14-9-4-8(13-2)6(10)3-7(9)11/h3-4H,5H2,1-2H3. The van der Waals surface area contributed by atoms with E-state index in [0.717, 1.165) is 19.5 Å². The third-order valence-corrected chi connectivity index (χ3v) is 3.00. The van der Waals surface area contributed by atoms with Gasteiger partial charge in [0.25, 0.3) is 0 Å². The summed E-state index contributed by atoms with van der Waals surface area (Å²) in [6, 6.07) is 3.76. The predicted molar refractivity (Wildman–Crippen MR) is 65.9 cm³/mol. The Balaban J connectivity index is 2.92. The van der Waals surface area contributed by atoms with E-state index in [4.69, 9.17) is 14.2 Å². The maximum Gasteiger partial charge on any atom is 0.188 e. The van der Waals surface area contributed by atoms with Gasteiger partial charge < -0.3 is 14.2 Å². The Kier molecular flexibility index (Phi) is 4.97. The van der Waals surface area contributed by atoms with Gasteiger partial charge in [0.05, 0.1) is 15.2 Å². The molecular weight excluding hydrogens is 363 g/mol. The molecule has 0 spiro atoms. The number of hydrogen-bond donors (Lipinski definition) is 0. The van der Waals surface area contributed by atoms with E-state index in [9.17, 15) is 0 Å². The van der Waals surface area contributed by atoms with Gasteiger partial charge >= 0.3 is 0 Å². The fourth-order valence-corrected chi connectivity index (χ4v) is 2.46. The van der Waals surface area contributed by atoms with Crippen molar-refractivity contribution in [3.8, 4) is 11.5 Å². The van der Waals surface area contributed by atoms with E-state index in [1.54, 1.807) is 14.2 Å². The zero-order valence-corrected chi connectivity index (χ0v) is 11.6. The van der Waals surface area contributed by atoms with Crippen LogP contribution in [-0.4, -0.2) is 21.0 Å². The average Bonchev–Trinajstić information content (AvgIpc) is 2.17. The van der Waals surface area contributed by atoms with Gasteiger partial charge in [-0.2, -0.15) is 0 Å². The Morgan fingerprint density at radius 1 is 1.29 bits per heavy atom. The van der Waals surface area contributed by atoms with Gasteiger partial charge in [0, 0.05) is 13.2 Å². The van der Waals surface area contributed by atoms with Crippen molar-refractivity contribution in [2.24, 2.45) is 0 Å². The monoisotopic (exact) mass is 372 g/mol. The molecule has 0 atom stereocenters. The first-order chi connectivity index (χ1) is 6.69. The van der Waals surface area contributed by atoms with Crippen molar-refractivity contribution in [2.75, 3.05) is 21.0 Å². The molecule has 0 aromatic heterocycles. The highest BCUT2D eigenvalue weighted by Crippen LogP contribution is 2.33. The fourth-order valence-electron chi connectivity index (χ4n) is 0.900. The first-order valence-corrected chi connectivity index (χ1v) is 5.71. The van der Waals surface area contributed by atoms with Gasteiger partial charge in [-0.3, -0.25) is 0 Å². The second kappa shape index (κ2) is 5.77. The molecule has 0 unspecified atom stereocenters. The molecule has 3 nitrogen and oxygen atoms in total. The average molecular weight is 373 g/mol. The molecule has 0 aliphatic carbocycles. The van der Waals surface area contributed by atoms with Gasteiger partial charge in [-0.25, -0.2) is 0 Å². The number of rotatable bonds is 4. The van der Waals surface area contributed by atoms with Gasteiger partial charge in [-0.1, -0.05) is 0 Å². The van der Waals surface area contributed by atoms with Gasteiger partial charge in [-0.05, 0) is 44.6 Å². The van der Waals surface area contributed by atoms with Crippen LogP contribution in [0.15, 0.2) is 16.6 Å². The summed E-state index contributed by atoms with van der Waals surface area (Å²) in [5.74, 6) is 1.50. The lowest BCUT2D eigenvalue weighted by molar-refractivity contribution is 0.0503. The molecule has 1 rings (SSSR count). The Bertz CT molecular complexity index is 317. The normalized spacial score (nSPS) is 10.0. The lowest BCUT2D eigenvalue weighted by Gasteiger charge is -2.10. The molecule has 0 saturated carbocycles. The first kappa shape index (κ1) is 12.1. The number of ether oxygens (including phenoxy) is 3. The molecule has 0 fully saturated rings. The fraction of sp³-hybridized carbons (Fsp3) is 0.333. The SMILES string of the molecule is COCOc1cc(OC)c(Br)cc1I. The van der Waals surface area contributed by atoms with E-state index < -0.39 is 0 Å². The number of methoxy groups -OCH3 is 2. The Hall–Kier alpha value is -0.0100. The van der Waals surface area contributed by atoms with Crippen LogP contribution in [0.25, 0.3) is 0 Å².